The summed E-state index contributed by atoms with van der Waals surface area (Å²) >= 11 is 0. The van der Waals surface area contributed by atoms with Crippen molar-refractivity contribution in [2.24, 2.45) is 0 Å². The molecule has 0 aliphatic rings. The number of nitrogens with one attached hydrogen (secondary N) is 1. The number of fused-ring (bicyclic) bond motifs is 1. The Labute approximate surface area is 213 Å². The van der Waals surface area contributed by atoms with Crippen LogP contribution in [0.4, 0.5) is 11.5 Å². The van der Waals surface area contributed by atoms with Crippen LogP contribution in [0.3, 0.4) is 0 Å². The summed E-state index contributed by atoms with van der Waals surface area (Å²) < 4.78 is 7.44. The summed E-state index contributed by atoms with van der Waals surface area (Å²) in [4.78, 5) is 4.93. The van der Waals surface area contributed by atoms with Crippen LogP contribution in [0.1, 0.15) is 43.0 Å². The lowest BCUT2D eigenvalue weighted by atomic mass is 9.96. The summed E-state index contributed by atoms with van der Waals surface area (Å²) in [7, 11) is 1.72. The molecular formula is C31H34N4O. The zero-order chi connectivity index (χ0) is 25.5. The van der Waals surface area contributed by atoms with Crippen LogP contribution in [0.15, 0.2) is 85.2 Å². The molecule has 5 aromatic rings. The molecule has 0 atom stereocenters. The van der Waals surface area contributed by atoms with Gasteiger partial charge in [0, 0.05) is 23.5 Å². The average molecular weight is 479 g/mol. The highest BCUT2D eigenvalue weighted by atomic mass is 16.5. The number of methoxy groups -OCH3 is 1. The Balaban J connectivity index is 0.00000148. The molecule has 0 spiro atoms. The highest BCUT2D eigenvalue weighted by Crippen LogP contribution is 2.31. The van der Waals surface area contributed by atoms with Crippen molar-refractivity contribution in [1.82, 2.24) is 14.6 Å². The van der Waals surface area contributed by atoms with Crippen LogP contribution in [0.25, 0.3) is 16.8 Å². The van der Waals surface area contributed by atoms with Gasteiger partial charge in [-0.25, -0.2) is 9.50 Å². The van der Waals surface area contributed by atoms with Gasteiger partial charge < -0.3 is 10.1 Å². The normalized spacial score (nSPS) is 10.6. The Kier molecular flexibility index (Phi) is 8.01. The predicted octanol–water partition coefficient (Wildman–Crippen LogP) is 7.64. The second-order valence-corrected chi connectivity index (χ2v) is 8.41. The minimum absolute atomic E-state index is 0.764. The fourth-order valence-corrected chi connectivity index (χ4v) is 4.52. The lowest BCUT2D eigenvalue weighted by Gasteiger charge is -2.14. The molecule has 5 heteroatoms. The number of aromatic nitrogens is 3. The average Bonchev–Trinajstić information content (AvgIpc) is 3.33. The lowest BCUT2D eigenvalue weighted by Crippen LogP contribution is -2.00. The van der Waals surface area contributed by atoms with E-state index in [-0.39, 0.29) is 0 Å². The molecule has 2 aromatic heterocycles. The van der Waals surface area contributed by atoms with E-state index in [0.717, 1.165) is 46.9 Å². The van der Waals surface area contributed by atoms with Crippen molar-refractivity contribution in [3.8, 4) is 16.9 Å². The maximum Gasteiger partial charge on any atom is 0.165 e. The minimum Gasteiger partial charge on any atom is -0.496 e. The van der Waals surface area contributed by atoms with Gasteiger partial charge in [0.15, 0.2) is 5.65 Å². The van der Waals surface area contributed by atoms with Gasteiger partial charge in [-0.15, -0.1) is 0 Å². The molecule has 36 heavy (non-hydrogen) atoms. The van der Waals surface area contributed by atoms with E-state index in [1.165, 1.54) is 22.3 Å². The maximum absolute atomic E-state index is 5.62. The zero-order valence-corrected chi connectivity index (χ0v) is 21.7. The minimum atomic E-state index is 0.764. The molecule has 3 aromatic carbocycles. The van der Waals surface area contributed by atoms with Crippen LogP contribution in [0.5, 0.6) is 5.75 Å². The lowest BCUT2D eigenvalue weighted by molar-refractivity contribution is 0.410. The quantitative estimate of drug-likeness (QED) is 0.261. The van der Waals surface area contributed by atoms with Gasteiger partial charge in [-0.05, 0) is 59.7 Å². The number of hydrogen-bond acceptors (Lipinski definition) is 4. The van der Waals surface area contributed by atoms with Crippen LogP contribution in [-0.4, -0.2) is 21.7 Å². The number of rotatable bonds is 7. The summed E-state index contributed by atoms with van der Waals surface area (Å²) in [5, 5.41) is 8.02. The third kappa shape index (κ3) is 5.25. The van der Waals surface area contributed by atoms with Crippen LogP contribution in [-0.2, 0) is 12.8 Å². The summed E-state index contributed by atoms with van der Waals surface area (Å²) in [6.07, 6.45) is 5.63. The van der Waals surface area contributed by atoms with Crippen molar-refractivity contribution in [2.45, 2.75) is 40.5 Å². The fourth-order valence-electron chi connectivity index (χ4n) is 4.52. The molecule has 0 saturated heterocycles. The monoisotopic (exact) mass is 478 g/mol. The van der Waals surface area contributed by atoms with Gasteiger partial charge in [0.1, 0.15) is 11.6 Å². The Morgan fingerprint density at radius 3 is 2.42 bits per heavy atom. The molecule has 184 valence electrons. The Morgan fingerprint density at radius 1 is 0.917 bits per heavy atom. The Bertz CT molecular complexity index is 1440. The first-order chi connectivity index (χ1) is 17.7. The summed E-state index contributed by atoms with van der Waals surface area (Å²) in [6, 6.07) is 25.1. The van der Waals surface area contributed by atoms with Gasteiger partial charge in [0.2, 0.25) is 0 Å². The van der Waals surface area contributed by atoms with Crippen molar-refractivity contribution >= 4 is 17.2 Å². The number of anilines is 2. The predicted molar refractivity (Wildman–Crippen MR) is 149 cm³/mol. The standard InChI is InChI=1S/C29H28N4O.C2H6/c1-4-24-20(2)16-23(18-27(24)34-3)31-28-14-15-33-29(32-28)26(19-30-33)25-13-9-8-12-22(25)17-21-10-6-5-7-11-21;1-2/h5-16,18-19H,4,17H2,1-3H3,(H,31,32);1-2H3. The Morgan fingerprint density at radius 2 is 1.67 bits per heavy atom. The van der Waals surface area contributed by atoms with E-state index >= 15 is 0 Å². The van der Waals surface area contributed by atoms with Crippen molar-refractivity contribution in [3.05, 3.63) is 107 Å². The van der Waals surface area contributed by atoms with Crippen molar-refractivity contribution in [1.29, 1.82) is 0 Å². The van der Waals surface area contributed by atoms with Gasteiger partial charge in [-0.3, -0.25) is 0 Å². The second kappa shape index (κ2) is 11.5. The first kappa shape index (κ1) is 25.0. The van der Waals surface area contributed by atoms with Crippen molar-refractivity contribution < 1.29 is 4.74 Å². The molecule has 5 rings (SSSR count). The highest BCUT2D eigenvalue weighted by Gasteiger charge is 2.14. The number of ether oxygens (including phenoxy) is 1. The topological polar surface area (TPSA) is 51.5 Å². The second-order valence-electron chi connectivity index (χ2n) is 8.41. The largest absolute Gasteiger partial charge is 0.496 e. The molecule has 0 fully saturated rings. The number of aryl methyl sites for hydroxylation is 1. The number of nitrogens with zero attached hydrogens (tertiary/aromatic N) is 3. The third-order valence-electron chi connectivity index (χ3n) is 6.19. The number of benzene rings is 3. The van der Waals surface area contributed by atoms with Gasteiger partial charge in [-0.2, -0.15) is 5.10 Å². The van der Waals surface area contributed by atoms with E-state index < -0.39 is 0 Å². The van der Waals surface area contributed by atoms with Crippen LogP contribution >= 0.6 is 0 Å². The van der Waals surface area contributed by atoms with Gasteiger partial charge in [0.25, 0.3) is 0 Å². The summed E-state index contributed by atoms with van der Waals surface area (Å²) in [5.74, 6) is 1.66. The molecule has 2 heterocycles. The fraction of sp³-hybridized carbons (Fsp3) is 0.226. The third-order valence-corrected chi connectivity index (χ3v) is 6.19. The maximum atomic E-state index is 5.62. The van der Waals surface area contributed by atoms with Crippen LogP contribution in [0, 0.1) is 6.92 Å². The molecular weight excluding hydrogens is 444 g/mol. The smallest absolute Gasteiger partial charge is 0.165 e. The number of hydrogen-bond donors (Lipinski definition) is 1. The van der Waals surface area contributed by atoms with E-state index in [1.807, 2.05) is 49.0 Å². The Hall–Kier alpha value is -4.12. The molecule has 0 amide bonds. The van der Waals surface area contributed by atoms with Gasteiger partial charge in [0.05, 0.1) is 13.3 Å². The zero-order valence-electron chi connectivity index (χ0n) is 21.7. The van der Waals surface area contributed by atoms with Crippen molar-refractivity contribution in [2.75, 3.05) is 12.4 Å². The van der Waals surface area contributed by atoms with Crippen molar-refractivity contribution in [3.63, 3.8) is 0 Å². The van der Waals surface area contributed by atoms with Gasteiger partial charge in [-0.1, -0.05) is 75.4 Å². The van der Waals surface area contributed by atoms with E-state index in [9.17, 15) is 0 Å². The highest BCUT2D eigenvalue weighted by molar-refractivity contribution is 5.80. The molecule has 0 bridgehead atoms. The summed E-state index contributed by atoms with van der Waals surface area (Å²) in [5.41, 5.74) is 8.89. The first-order valence-electron chi connectivity index (χ1n) is 12.6. The SMILES string of the molecule is CC.CCc1c(C)cc(Nc2ccn3ncc(-c4ccccc4Cc4ccccc4)c3n2)cc1OC. The molecule has 0 aliphatic heterocycles. The molecule has 0 aliphatic carbocycles. The summed E-state index contributed by atoms with van der Waals surface area (Å²) in [6.45, 7) is 8.26. The molecule has 1 N–H and O–H groups in total. The van der Waals surface area contributed by atoms with E-state index in [4.69, 9.17) is 9.72 Å². The van der Waals surface area contributed by atoms with E-state index in [1.54, 1.807) is 7.11 Å². The van der Waals surface area contributed by atoms with Crippen LogP contribution < -0.4 is 10.1 Å². The van der Waals surface area contributed by atoms with Crippen LogP contribution in [0.2, 0.25) is 0 Å². The molecule has 0 unspecified atom stereocenters. The molecule has 0 saturated carbocycles. The van der Waals surface area contributed by atoms with Gasteiger partial charge >= 0.3 is 0 Å². The van der Waals surface area contributed by atoms with E-state index in [2.05, 4.69) is 78.9 Å². The first-order valence-corrected chi connectivity index (χ1v) is 12.6. The van der Waals surface area contributed by atoms with E-state index in [0.29, 0.717) is 0 Å². The molecule has 5 nitrogen and oxygen atoms in total. The molecule has 0 radical (unpaired) electrons.